The number of anilines is 3. The summed E-state index contributed by atoms with van der Waals surface area (Å²) >= 11 is 0. The Morgan fingerprint density at radius 2 is 1.10 bits per heavy atom. The minimum Gasteiger partial charge on any atom is -0.456 e. The van der Waals surface area contributed by atoms with Crippen LogP contribution in [0.4, 0.5) is 17.1 Å². The normalized spacial score (nSPS) is 13.3. The van der Waals surface area contributed by atoms with E-state index >= 15 is 0 Å². The molecule has 0 N–H and O–H groups in total. The average molecular weight is 628 g/mol. The van der Waals surface area contributed by atoms with E-state index < -0.39 is 0 Å². The van der Waals surface area contributed by atoms with Gasteiger partial charge in [-0.2, -0.15) is 0 Å². The molecule has 10 rings (SSSR count). The molecule has 9 aromatic rings. The van der Waals surface area contributed by atoms with Crippen molar-refractivity contribution in [3.8, 4) is 22.3 Å². The molecule has 0 amide bonds. The Balaban J connectivity index is 1.26. The topological polar surface area (TPSA) is 16.4 Å². The third-order valence-corrected chi connectivity index (χ3v) is 10.7. The lowest BCUT2D eigenvalue weighted by Crippen LogP contribution is -2.16. The van der Waals surface area contributed by atoms with Gasteiger partial charge in [-0.3, -0.25) is 0 Å². The highest BCUT2D eigenvalue weighted by molar-refractivity contribution is 6.22. The van der Waals surface area contributed by atoms with Crippen LogP contribution in [-0.4, -0.2) is 0 Å². The smallest absolute Gasteiger partial charge is 0.138 e. The minimum atomic E-state index is -0.114. The van der Waals surface area contributed by atoms with Crippen LogP contribution in [0.3, 0.4) is 0 Å². The Morgan fingerprint density at radius 3 is 1.96 bits per heavy atom. The first-order valence-electron chi connectivity index (χ1n) is 17.0. The summed E-state index contributed by atoms with van der Waals surface area (Å²) in [5.74, 6) is 0. The van der Waals surface area contributed by atoms with Gasteiger partial charge < -0.3 is 9.32 Å². The van der Waals surface area contributed by atoms with Crippen LogP contribution in [-0.2, 0) is 5.41 Å². The lowest BCUT2D eigenvalue weighted by Gasteiger charge is -2.30. The summed E-state index contributed by atoms with van der Waals surface area (Å²) in [6.45, 7) is 4.70. The van der Waals surface area contributed by atoms with Gasteiger partial charge in [-0.15, -0.1) is 0 Å². The van der Waals surface area contributed by atoms with E-state index in [9.17, 15) is 0 Å². The van der Waals surface area contributed by atoms with Crippen LogP contribution >= 0.6 is 0 Å². The lowest BCUT2D eigenvalue weighted by atomic mass is 9.82. The van der Waals surface area contributed by atoms with Gasteiger partial charge in [-0.25, -0.2) is 0 Å². The molecule has 0 saturated carbocycles. The molecule has 2 heteroatoms. The molecule has 0 unspecified atom stereocenters. The van der Waals surface area contributed by atoms with Crippen LogP contribution in [0.25, 0.3) is 65.7 Å². The fourth-order valence-corrected chi connectivity index (χ4v) is 8.35. The summed E-state index contributed by atoms with van der Waals surface area (Å²) in [6, 6.07) is 59.4. The minimum absolute atomic E-state index is 0.114. The maximum atomic E-state index is 6.60. The predicted molar refractivity (Wildman–Crippen MR) is 206 cm³/mol. The van der Waals surface area contributed by atoms with Gasteiger partial charge in [0.05, 0.1) is 11.4 Å². The van der Waals surface area contributed by atoms with E-state index in [1.165, 1.54) is 54.9 Å². The van der Waals surface area contributed by atoms with Crippen LogP contribution in [0.5, 0.6) is 0 Å². The van der Waals surface area contributed by atoms with Crippen molar-refractivity contribution in [2.75, 3.05) is 4.90 Å². The zero-order chi connectivity index (χ0) is 32.7. The lowest BCUT2D eigenvalue weighted by molar-refractivity contribution is 0.660. The maximum absolute atomic E-state index is 6.60. The summed E-state index contributed by atoms with van der Waals surface area (Å²) in [5, 5.41) is 7.18. The monoisotopic (exact) mass is 627 g/mol. The summed E-state index contributed by atoms with van der Waals surface area (Å²) in [6.07, 6.45) is 0. The first-order chi connectivity index (χ1) is 24.1. The SMILES string of the molecule is CC1(C)c2ccccc2-c2c(N(c3ccc(-c4cccc5ccccc45)cc3)c3cc4oc5ccccc5c4c4ccccc34)cccc21. The largest absolute Gasteiger partial charge is 0.456 e. The number of rotatable bonds is 4. The van der Waals surface area contributed by atoms with Gasteiger partial charge in [0.1, 0.15) is 11.2 Å². The number of furan rings is 1. The van der Waals surface area contributed by atoms with Gasteiger partial charge in [0.15, 0.2) is 0 Å². The van der Waals surface area contributed by atoms with E-state index in [2.05, 4.69) is 176 Å². The maximum Gasteiger partial charge on any atom is 0.138 e. The van der Waals surface area contributed by atoms with Crippen molar-refractivity contribution in [1.82, 2.24) is 0 Å². The van der Waals surface area contributed by atoms with E-state index in [0.29, 0.717) is 0 Å². The van der Waals surface area contributed by atoms with E-state index in [1.807, 2.05) is 6.07 Å². The highest BCUT2D eigenvalue weighted by atomic mass is 16.3. The van der Waals surface area contributed by atoms with Crippen LogP contribution < -0.4 is 4.90 Å². The Morgan fingerprint density at radius 1 is 0.469 bits per heavy atom. The molecule has 0 bridgehead atoms. The number of hydrogen-bond acceptors (Lipinski definition) is 2. The highest BCUT2D eigenvalue weighted by Crippen LogP contribution is 2.55. The zero-order valence-corrected chi connectivity index (χ0v) is 27.4. The molecule has 0 aliphatic heterocycles. The molecule has 1 aliphatic carbocycles. The number of fused-ring (bicyclic) bond motifs is 9. The molecule has 49 heavy (non-hydrogen) atoms. The van der Waals surface area contributed by atoms with Crippen molar-refractivity contribution in [3.05, 3.63) is 175 Å². The van der Waals surface area contributed by atoms with Gasteiger partial charge in [0, 0.05) is 38.9 Å². The molecular weight excluding hydrogens is 595 g/mol. The molecule has 1 aromatic heterocycles. The molecule has 1 aliphatic rings. The van der Waals surface area contributed by atoms with Gasteiger partial charge in [-0.1, -0.05) is 147 Å². The number of para-hydroxylation sites is 1. The van der Waals surface area contributed by atoms with Crippen molar-refractivity contribution >= 4 is 60.5 Å². The van der Waals surface area contributed by atoms with E-state index in [0.717, 1.165) is 39.0 Å². The Labute approximate surface area is 285 Å². The van der Waals surface area contributed by atoms with Gasteiger partial charge in [-0.05, 0) is 68.2 Å². The molecule has 0 saturated heterocycles. The third-order valence-electron chi connectivity index (χ3n) is 10.7. The summed E-state index contributed by atoms with van der Waals surface area (Å²) in [7, 11) is 0. The Bertz CT molecular complexity index is 2740. The molecule has 8 aromatic carbocycles. The van der Waals surface area contributed by atoms with Crippen LogP contribution in [0.1, 0.15) is 25.0 Å². The first-order valence-corrected chi connectivity index (χ1v) is 17.0. The van der Waals surface area contributed by atoms with E-state index in [4.69, 9.17) is 4.42 Å². The predicted octanol–water partition coefficient (Wildman–Crippen LogP) is 13.3. The standard InChI is InChI=1S/C47H33NO/c1-47(2)39-21-9-7-18-37(39)46-40(47)22-12-23-41(46)48(32-27-25-31(26-28-32)34-20-11-14-30-13-3-4-15-33(30)34)42-29-44-45(36-17-6-5-16-35(36)42)38-19-8-10-24-43(38)49-44/h3-29H,1-2H3. The van der Waals surface area contributed by atoms with E-state index in [-0.39, 0.29) is 5.41 Å². The second kappa shape index (κ2) is 10.4. The fraction of sp³-hybridized carbons (Fsp3) is 0.0638. The fourth-order valence-electron chi connectivity index (χ4n) is 8.35. The second-order valence-corrected chi connectivity index (χ2v) is 13.7. The number of nitrogens with zero attached hydrogens (tertiary/aromatic N) is 1. The van der Waals surface area contributed by atoms with Crippen molar-refractivity contribution in [2.45, 2.75) is 19.3 Å². The van der Waals surface area contributed by atoms with Crippen molar-refractivity contribution in [3.63, 3.8) is 0 Å². The first kappa shape index (κ1) is 27.9. The van der Waals surface area contributed by atoms with Crippen LogP contribution in [0, 0.1) is 0 Å². The zero-order valence-electron chi connectivity index (χ0n) is 27.4. The molecule has 0 atom stereocenters. The molecular formula is C47H33NO. The summed E-state index contributed by atoms with van der Waals surface area (Å²) in [4.78, 5) is 2.46. The molecule has 232 valence electrons. The second-order valence-electron chi connectivity index (χ2n) is 13.7. The molecule has 0 fully saturated rings. The summed E-state index contributed by atoms with van der Waals surface area (Å²) in [5.41, 5.74) is 12.8. The quantitative estimate of drug-likeness (QED) is 0.193. The third kappa shape index (κ3) is 4.07. The molecule has 0 radical (unpaired) electrons. The summed E-state index contributed by atoms with van der Waals surface area (Å²) < 4.78 is 6.60. The molecule has 2 nitrogen and oxygen atoms in total. The van der Waals surface area contributed by atoms with Crippen molar-refractivity contribution in [2.24, 2.45) is 0 Å². The Kier molecular flexibility index (Phi) is 5.95. The van der Waals surface area contributed by atoms with E-state index in [1.54, 1.807) is 0 Å². The van der Waals surface area contributed by atoms with Crippen molar-refractivity contribution < 1.29 is 4.42 Å². The van der Waals surface area contributed by atoms with Gasteiger partial charge in [0.2, 0.25) is 0 Å². The van der Waals surface area contributed by atoms with Crippen LogP contribution in [0.15, 0.2) is 168 Å². The average Bonchev–Trinajstić information content (AvgIpc) is 3.64. The molecule has 1 heterocycles. The molecule has 0 spiro atoms. The van der Waals surface area contributed by atoms with Crippen molar-refractivity contribution in [1.29, 1.82) is 0 Å². The van der Waals surface area contributed by atoms with Gasteiger partial charge >= 0.3 is 0 Å². The number of hydrogen-bond donors (Lipinski definition) is 0. The highest BCUT2D eigenvalue weighted by Gasteiger charge is 2.38. The van der Waals surface area contributed by atoms with Crippen LogP contribution in [0.2, 0.25) is 0 Å². The number of benzene rings is 8. The van der Waals surface area contributed by atoms with Gasteiger partial charge in [0.25, 0.3) is 0 Å². The Hall–Kier alpha value is -6.12.